The summed E-state index contributed by atoms with van der Waals surface area (Å²) in [4.78, 5) is 6.40. The van der Waals surface area contributed by atoms with Gasteiger partial charge in [-0.1, -0.05) is 27.5 Å². The summed E-state index contributed by atoms with van der Waals surface area (Å²) in [5.74, 6) is 0.854. The zero-order chi connectivity index (χ0) is 16.8. The van der Waals surface area contributed by atoms with Gasteiger partial charge in [-0.05, 0) is 30.2 Å². The van der Waals surface area contributed by atoms with E-state index in [0.29, 0.717) is 0 Å². The molecule has 0 fully saturated rings. The van der Waals surface area contributed by atoms with Gasteiger partial charge in [-0.25, -0.2) is 0 Å². The Kier molecular flexibility index (Phi) is 6.47. The first-order valence-corrected chi connectivity index (χ1v) is 8.50. The summed E-state index contributed by atoms with van der Waals surface area (Å²) < 4.78 is 2.87. The molecule has 0 amide bonds. The second-order valence-corrected chi connectivity index (χ2v) is 6.63. The van der Waals surface area contributed by atoms with Crippen molar-refractivity contribution in [2.45, 2.75) is 13.0 Å². The van der Waals surface area contributed by atoms with E-state index < -0.39 is 0 Å². The minimum atomic E-state index is 0.751. The molecular formula is C16H21BrClN5. The lowest BCUT2D eigenvalue weighted by molar-refractivity contribution is 0.477. The molecule has 7 heteroatoms. The van der Waals surface area contributed by atoms with Crippen molar-refractivity contribution >= 4 is 33.5 Å². The quantitative estimate of drug-likeness (QED) is 0.622. The molecule has 0 saturated heterocycles. The first-order chi connectivity index (χ1) is 11.0. The summed E-state index contributed by atoms with van der Waals surface area (Å²) in [6, 6.07) is 5.83. The van der Waals surface area contributed by atoms with Crippen molar-refractivity contribution in [3.8, 4) is 0 Å². The topological polar surface area (TPSA) is 45.5 Å². The van der Waals surface area contributed by atoms with Crippen LogP contribution in [0.3, 0.4) is 0 Å². The van der Waals surface area contributed by atoms with Gasteiger partial charge in [0.2, 0.25) is 0 Å². The molecule has 0 unspecified atom stereocenters. The molecule has 5 nitrogen and oxygen atoms in total. The highest BCUT2D eigenvalue weighted by Crippen LogP contribution is 2.21. The highest BCUT2D eigenvalue weighted by molar-refractivity contribution is 9.10. The summed E-state index contributed by atoms with van der Waals surface area (Å²) in [5, 5.41) is 8.31. The van der Waals surface area contributed by atoms with Crippen molar-refractivity contribution in [2.24, 2.45) is 12.0 Å². The van der Waals surface area contributed by atoms with Crippen LogP contribution in [-0.2, 0) is 20.0 Å². The van der Waals surface area contributed by atoms with Gasteiger partial charge in [-0.15, -0.1) is 0 Å². The smallest absolute Gasteiger partial charge is 0.193 e. The van der Waals surface area contributed by atoms with Gasteiger partial charge >= 0.3 is 0 Å². The van der Waals surface area contributed by atoms with E-state index in [2.05, 4.69) is 36.2 Å². The minimum Gasteiger partial charge on any atom is -0.356 e. The van der Waals surface area contributed by atoms with Crippen molar-refractivity contribution in [1.29, 1.82) is 0 Å². The van der Waals surface area contributed by atoms with E-state index >= 15 is 0 Å². The molecule has 1 aromatic heterocycles. The molecule has 23 heavy (non-hydrogen) atoms. The zero-order valence-electron chi connectivity index (χ0n) is 13.6. The number of benzene rings is 1. The van der Waals surface area contributed by atoms with Gasteiger partial charge in [0.05, 0.1) is 6.20 Å². The number of nitrogens with one attached hydrogen (secondary N) is 1. The third-order valence-corrected chi connectivity index (χ3v) is 4.45. The lowest BCUT2D eigenvalue weighted by Crippen LogP contribution is -2.39. The van der Waals surface area contributed by atoms with Crippen LogP contribution in [0.1, 0.15) is 11.1 Å². The van der Waals surface area contributed by atoms with E-state index in [-0.39, 0.29) is 0 Å². The number of rotatable bonds is 5. The number of aromatic nitrogens is 2. The number of aryl methyl sites for hydroxylation is 1. The summed E-state index contributed by atoms with van der Waals surface area (Å²) in [7, 11) is 5.72. The summed E-state index contributed by atoms with van der Waals surface area (Å²) in [6.07, 6.45) is 4.74. The average Bonchev–Trinajstić information content (AvgIpc) is 2.92. The van der Waals surface area contributed by atoms with Crippen LogP contribution in [0.4, 0.5) is 0 Å². The lowest BCUT2D eigenvalue weighted by atomic mass is 10.1. The zero-order valence-corrected chi connectivity index (χ0v) is 15.9. The monoisotopic (exact) mass is 397 g/mol. The predicted octanol–water partition coefficient (Wildman–Crippen LogP) is 3.09. The summed E-state index contributed by atoms with van der Waals surface area (Å²) in [6.45, 7) is 1.54. The molecule has 124 valence electrons. The Morgan fingerprint density at radius 2 is 2.26 bits per heavy atom. The first-order valence-electron chi connectivity index (χ1n) is 7.33. The molecule has 1 heterocycles. The number of hydrogen-bond acceptors (Lipinski definition) is 2. The van der Waals surface area contributed by atoms with Gasteiger partial charge in [-0.3, -0.25) is 9.67 Å². The maximum atomic E-state index is 6.05. The second-order valence-electron chi connectivity index (χ2n) is 5.34. The Labute approximate surface area is 150 Å². The van der Waals surface area contributed by atoms with Crippen LogP contribution in [0, 0.1) is 0 Å². The number of guanidine groups is 1. The third kappa shape index (κ3) is 5.25. The summed E-state index contributed by atoms with van der Waals surface area (Å²) in [5.41, 5.74) is 2.32. The fourth-order valence-corrected chi connectivity index (χ4v) is 2.97. The van der Waals surface area contributed by atoms with E-state index in [1.807, 2.05) is 44.7 Å². The normalized spacial score (nSPS) is 11.6. The predicted molar refractivity (Wildman–Crippen MR) is 98.9 cm³/mol. The van der Waals surface area contributed by atoms with Crippen LogP contribution >= 0.6 is 27.5 Å². The van der Waals surface area contributed by atoms with E-state index in [1.165, 1.54) is 5.56 Å². The molecular weight excluding hydrogens is 378 g/mol. The first kappa shape index (κ1) is 17.8. The van der Waals surface area contributed by atoms with Gasteiger partial charge in [0.15, 0.2) is 5.96 Å². The lowest BCUT2D eigenvalue weighted by Gasteiger charge is -2.21. The number of hydrogen-bond donors (Lipinski definition) is 1. The van der Waals surface area contributed by atoms with E-state index in [4.69, 9.17) is 11.6 Å². The molecule has 1 aromatic carbocycles. The molecule has 2 rings (SSSR count). The maximum absolute atomic E-state index is 6.05. The fraction of sp³-hybridized carbons (Fsp3) is 0.375. The van der Waals surface area contributed by atoms with Crippen molar-refractivity contribution in [2.75, 3.05) is 20.6 Å². The van der Waals surface area contributed by atoms with Gasteiger partial charge in [0.25, 0.3) is 0 Å². The van der Waals surface area contributed by atoms with Crippen LogP contribution in [0.15, 0.2) is 40.1 Å². The van der Waals surface area contributed by atoms with Gasteiger partial charge < -0.3 is 10.2 Å². The molecule has 0 bridgehead atoms. The highest BCUT2D eigenvalue weighted by Gasteiger charge is 2.08. The van der Waals surface area contributed by atoms with Crippen LogP contribution in [0.25, 0.3) is 0 Å². The fourth-order valence-electron chi connectivity index (χ4n) is 2.33. The third-order valence-electron chi connectivity index (χ3n) is 3.44. The molecule has 0 spiro atoms. The van der Waals surface area contributed by atoms with Crippen LogP contribution in [-0.4, -0.2) is 41.3 Å². The molecule has 0 atom stereocenters. The van der Waals surface area contributed by atoms with Crippen molar-refractivity contribution in [3.63, 3.8) is 0 Å². The Morgan fingerprint density at radius 3 is 2.91 bits per heavy atom. The Hall–Kier alpha value is -1.53. The van der Waals surface area contributed by atoms with Crippen molar-refractivity contribution < 1.29 is 0 Å². The standard InChI is InChI=1S/C16H21BrClN5/c1-19-16(22(2)10-12-9-21-23(3)11-12)20-7-6-13-8-14(18)4-5-15(13)17/h4-5,8-9,11H,6-7,10H2,1-3H3,(H,19,20). The maximum Gasteiger partial charge on any atom is 0.193 e. The van der Waals surface area contributed by atoms with Gasteiger partial charge in [0.1, 0.15) is 0 Å². The highest BCUT2D eigenvalue weighted by atomic mass is 79.9. The number of nitrogens with zero attached hydrogens (tertiary/aromatic N) is 4. The SMILES string of the molecule is CN=C(NCCc1cc(Cl)ccc1Br)N(C)Cc1cnn(C)c1. The molecule has 0 aliphatic rings. The van der Waals surface area contributed by atoms with E-state index in [1.54, 1.807) is 11.7 Å². The van der Waals surface area contributed by atoms with Crippen molar-refractivity contribution in [3.05, 3.63) is 51.2 Å². The molecule has 0 radical (unpaired) electrons. The van der Waals surface area contributed by atoms with Crippen molar-refractivity contribution in [1.82, 2.24) is 20.0 Å². The molecule has 0 aliphatic carbocycles. The van der Waals surface area contributed by atoms with Gasteiger partial charge in [-0.2, -0.15) is 5.10 Å². The second kappa shape index (κ2) is 8.36. The van der Waals surface area contributed by atoms with E-state index in [0.717, 1.165) is 40.5 Å². The average molecular weight is 399 g/mol. The summed E-state index contributed by atoms with van der Waals surface area (Å²) >= 11 is 9.60. The Morgan fingerprint density at radius 1 is 1.48 bits per heavy atom. The molecule has 0 saturated carbocycles. The minimum absolute atomic E-state index is 0.751. The molecule has 0 aliphatic heterocycles. The number of aliphatic imine (C=N–C) groups is 1. The number of halogens is 2. The van der Waals surface area contributed by atoms with Crippen LogP contribution < -0.4 is 5.32 Å². The van der Waals surface area contributed by atoms with Gasteiger partial charge in [0, 0.05) is 55.5 Å². The van der Waals surface area contributed by atoms with Crippen LogP contribution in [0.5, 0.6) is 0 Å². The Bertz CT molecular complexity index is 683. The molecule has 2 aromatic rings. The largest absolute Gasteiger partial charge is 0.356 e. The Balaban J connectivity index is 1.88. The van der Waals surface area contributed by atoms with E-state index in [9.17, 15) is 0 Å². The molecule has 1 N–H and O–H groups in total. The van der Waals surface area contributed by atoms with Crippen LogP contribution in [0.2, 0.25) is 5.02 Å².